The molecule has 4 nitrogen and oxygen atoms in total. The maximum atomic E-state index is 12.2. The third-order valence-electron chi connectivity index (χ3n) is 4.20. The SMILES string of the molecule is CC(=O)c1ccc(-c2ccc(C=C3C(=O)Nc4ccccc43)o2)cc1. The summed E-state index contributed by atoms with van der Waals surface area (Å²) in [5.74, 6) is 1.19. The van der Waals surface area contributed by atoms with Crippen molar-refractivity contribution < 1.29 is 14.0 Å². The Bertz CT molecular complexity index is 1010. The standard InChI is InChI=1S/C21H15NO3/c1-13(23)14-6-8-15(9-7-14)20-11-10-16(25-20)12-18-17-4-2-3-5-19(17)22-21(18)24/h2-12H,1H3,(H,22,24). The molecule has 25 heavy (non-hydrogen) atoms. The fourth-order valence-corrected chi connectivity index (χ4v) is 2.88. The maximum Gasteiger partial charge on any atom is 0.256 e. The zero-order chi connectivity index (χ0) is 17.4. The van der Waals surface area contributed by atoms with Crippen molar-refractivity contribution in [2.45, 2.75) is 6.92 Å². The van der Waals surface area contributed by atoms with Crippen LogP contribution in [0.4, 0.5) is 5.69 Å². The number of nitrogens with one attached hydrogen (secondary N) is 1. The summed E-state index contributed by atoms with van der Waals surface area (Å²) in [5, 5.41) is 2.84. The molecule has 2 aromatic carbocycles. The van der Waals surface area contributed by atoms with E-state index in [1.165, 1.54) is 6.92 Å². The Balaban J connectivity index is 1.66. The minimum atomic E-state index is -0.134. The van der Waals surface area contributed by atoms with Gasteiger partial charge in [0.15, 0.2) is 5.78 Å². The normalized spacial score (nSPS) is 14.4. The summed E-state index contributed by atoms with van der Waals surface area (Å²) >= 11 is 0. The summed E-state index contributed by atoms with van der Waals surface area (Å²) in [6.45, 7) is 1.54. The van der Waals surface area contributed by atoms with Crippen molar-refractivity contribution in [3.63, 3.8) is 0 Å². The molecule has 0 saturated heterocycles. The van der Waals surface area contributed by atoms with Crippen LogP contribution in [0.3, 0.4) is 0 Å². The number of fused-ring (bicyclic) bond motifs is 1. The molecule has 2 heterocycles. The second-order valence-electron chi connectivity index (χ2n) is 5.89. The van der Waals surface area contributed by atoms with Crippen LogP contribution in [-0.4, -0.2) is 11.7 Å². The lowest BCUT2D eigenvalue weighted by Gasteiger charge is -1.99. The van der Waals surface area contributed by atoms with Crippen LogP contribution >= 0.6 is 0 Å². The highest BCUT2D eigenvalue weighted by atomic mass is 16.3. The predicted octanol–water partition coefficient (Wildman–Crippen LogP) is 4.64. The van der Waals surface area contributed by atoms with Crippen molar-refractivity contribution in [1.29, 1.82) is 0 Å². The molecular formula is C21H15NO3. The lowest BCUT2D eigenvalue weighted by atomic mass is 10.1. The topological polar surface area (TPSA) is 59.3 Å². The van der Waals surface area contributed by atoms with Crippen molar-refractivity contribution in [2.24, 2.45) is 0 Å². The van der Waals surface area contributed by atoms with Crippen LogP contribution in [0.15, 0.2) is 65.1 Å². The summed E-state index contributed by atoms with van der Waals surface area (Å²) in [6, 6.07) is 18.5. The van der Waals surface area contributed by atoms with Crippen molar-refractivity contribution in [2.75, 3.05) is 5.32 Å². The third kappa shape index (κ3) is 2.78. The van der Waals surface area contributed by atoms with E-state index in [9.17, 15) is 9.59 Å². The van der Waals surface area contributed by atoms with Gasteiger partial charge in [-0.05, 0) is 31.2 Å². The molecule has 0 atom stereocenters. The molecule has 0 radical (unpaired) electrons. The molecule has 0 spiro atoms. The number of Topliss-reactive ketones (excluding diaryl/α,β-unsaturated/α-hetero) is 1. The molecule has 0 bridgehead atoms. The molecule has 0 unspecified atom stereocenters. The van der Waals surface area contributed by atoms with E-state index in [0.717, 1.165) is 16.8 Å². The highest BCUT2D eigenvalue weighted by Crippen LogP contribution is 2.33. The zero-order valence-electron chi connectivity index (χ0n) is 13.6. The molecule has 1 amide bonds. The second kappa shape index (κ2) is 5.91. The van der Waals surface area contributed by atoms with Gasteiger partial charge in [-0.3, -0.25) is 9.59 Å². The van der Waals surface area contributed by atoms with Crippen LogP contribution in [0.5, 0.6) is 0 Å². The average molecular weight is 329 g/mol. The molecule has 4 heteroatoms. The Kier molecular flexibility index (Phi) is 3.58. The highest BCUT2D eigenvalue weighted by molar-refractivity contribution is 6.34. The molecule has 4 rings (SSSR count). The van der Waals surface area contributed by atoms with E-state index in [4.69, 9.17) is 4.42 Å². The van der Waals surface area contributed by atoms with Crippen LogP contribution < -0.4 is 5.32 Å². The number of hydrogen-bond acceptors (Lipinski definition) is 3. The summed E-state index contributed by atoms with van der Waals surface area (Å²) in [6.07, 6.45) is 1.74. The van der Waals surface area contributed by atoms with Crippen LogP contribution in [0, 0.1) is 0 Å². The number of hydrogen-bond donors (Lipinski definition) is 1. The van der Waals surface area contributed by atoms with Gasteiger partial charge < -0.3 is 9.73 Å². The number of benzene rings is 2. The fourth-order valence-electron chi connectivity index (χ4n) is 2.88. The molecule has 0 aliphatic carbocycles. The monoisotopic (exact) mass is 329 g/mol. The summed E-state index contributed by atoms with van der Waals surface area (Å²) in [4.78, 5) is 23.5. The van der Waals surface area contributed by atoms with Gasteiger partial charge >= 0.3 is 0 Å². The summed E-state index contributed by atoms with van der Waals surface area (Å²) in [7, 11) is 0. The Morgan fingerprint density at radius 1 is 1.00 bits per heavy atom. The van der Waals surface area contributed by atoms with Gasteiger partial charge in [0.25, 0.3) is 5.91 Å². The van der Waals surface area contributed by atoms with Gasteiger partial charge in [-0.2, -0.15) is 0 Å². The number of rotatable bonds is 3. The lowest BCUT2D eigenvalue weighted by Crippen LogP contribution is -2.03. The van der Waals surface area contributed by atoms with Gasteiger partial charge in [0.1, 0.15) is 11.5 Å². The summed E-state index contributed by atoms with van der Waals surface area (Å²) < 4.78 is 5.85. The van der Waals surface area contributed by atoms with E-state index in [1.807, 2.05) is 48.5 Å². The zero-order valence-corrected chi connectivity index (χ0v) is 13.6. The Labute approximate surface area is 144 Å². The largest absolute Gasteiger partial charge is 0.457 e. The first-order chi connectivity index (χ1) is 12.1. The smallest absolute Gasteiger partial charge is 0.256 e. The summed E-state index contributed by atoms with van der Waals surface area (Å²) in [5.41, 5.74) is 3.81. The van der Waals surface area contributed by atoms with Crippen LogP contribution in [0.25, 0.3) is 23.0 Å². The number of para-hydroxylation sites is 1. The number of carbonyl (C=O) groups excluding carboxylic acids is 2. The van der Waals surface area contributed by atoms with Gasteiger partial charge in [0, 0.05) is 22.4 Å². The third-order valence-corrected chi connectivity index (χ3v) is 4.20. The lowest BCUT2D eigenvalue weighted by molar-refractivity contribution is -0.110. The molecule has 1 aliphatic heterocycles. The minimum Gasteiger partial charge on any atom is -0.457 e. The number of ketones is 1. The fraction of sp³-hybridized carbons (Fsp3) is 0.0476. The quantitative estimate of drug-likeness (QED) is 0.562. The Hall–Kier alpha value is -3.40. The van der Waals surface area contributed by atoms with E-state index in [2.05, 4.69) is 5.32 Å². The first kappa shape index (κ1) is 15.1. The molecule has 1 N–H and O–H groups in total. The van der Waals surface area contributed by atoms with E-state index >= 15 is 0 Å². The Morgan fingerprint density at radius 2 is 1.76 bits per heavy atom. The van der Waals surface area contributed by atoms with Crippen LogP contribution in [-0.2, 0) is 4.79 Å². The molecular weight excluding hydrogens is 314 g/mol. The van der Waals surface area contributed by atoms with E-state index in [0.29, 0.717) is 22.7 Å². The Morgan fingerprint density at radius 3 is 2.52 bits per heavy atom. The van der Waals surface area contributed by atoms with Gasteiger partial charge in [-0.1, -0.05) is 42.5 Å². The molecule has 1 aliphatic rings. The van der Waals surface area contributed by atoms with E-state index in [-0.39, 0.29) is 11.7 Å². The first-order valence-electron chi connectivity index (χ1n) is 7.95. The first-order valence-corrected chi connectivity index (χ1v) is 7.95. The van der Waals surface area contributed by atoms with Gasteiger partial charge in [0.05, 0.1) is 5.57 Å². The minimum absolute atomic E-state index is 0.0299. The second-order valence-corrected chi connectivity index (χ2v) is 5.89. The van der Waals surface area contributed by atoms with Crippen LogP contribution in [0.2, 0.25) is 0 Å². The average Bonchev–Trinajstić information content (AvgIpc) is 3.20. The van der Waals surface area contributed by atoms with Crippen LogP contribution in [0.1, 0.15) is 28.6 Å². The van der Waals surface area contributed by atoms with Gasteiger partial charge in [-0.15, -0.1) is 0 Å². The molecule has 3 aromatic rings. The maximum absolute atomic E-state index is 12.2. The van der Waals surface area contributed by atoms with Gasteiger partial charge in [-0.25, -0.2) is 0 Å². The van der Waals surface area contributed by atoms with E-state index < -0.39 is 0 Å². The highest BCUT2D eigenvalue weighted by Gasteiger charge is 2.23. The number of carbonyl (C=O) groups is 2. The number of amides is 1. The predicted molar refractivity (Wildman–Crippen MR) is 97.1 cm³/mol. The van der Waals surface area contributed by atoms with Gasteiger partial charge in [0.2, 0.25) is 0 Å². The van der Waals surface area contributed by atoms with Crippen molar-refractivity contribution in [3.05, 3.63) is 77.6 Å². The number of furan rings is 1. The van der Waals surface area contributed by atoms with E-state index in [1.54, 1.807) is 18.2 Å². The van der Waals surface area contributed by atoms with Crippen molar-refractivity contribution in [3.8, 4) is 11.3 Å². The molecule has 122 valence electrons. The molecule has 0 saturated carbocycles. The number of anilines is 1. The van der Waals surface area contributed by atoms with Crippen molar-refractivity contribution in [1.82, 2.24) is 0 Å². The molecule has 0 fully saturated rings. The van der Waals surface area contributed by atoms with Crippen molar-refractivity contribution >= 4 is 29.0 Å². The molecule has 1 aromatic heterocycles.